The molecule has 0 aliphatic heterocycles. The number of ether oxygens (including phenoxy) is 2. The molecule has 0 aliphatic rings. The topological polar surface area (TPSA) is 58.6 Å². The van der Waals surface area contributed by atoms with Crippen LogP contribution in [-0.4, -0.2) is 27.3 Å². The monoisotopic (exact) mass is 348 g/mol. The normalized spacial score (nSPS) is 14.4. The van der Waals surface area contributed by atoms with Gasteiger partial charge >= 0.3 is 24.8 Å². The Morgan fingerprint density at radius 1 is 1.17 bits per heavy atom. The van der Waals surface area contributed by atoms with Crippen molar-refractivity contribution < 1.29 is 38.2 Å². The largest absolute Gasteiger partial charge is 1.00 e. The van der Waals surface area contributed by atoms with Gasteiger partial charge in [-0.15, -0.1) is 0 Å². The third kappa shape index (κ3) is 11.0. The maximum Gasteiger partial charge on any atom is 1.00 e. The molecule has 1 atom stereocenters. The Morgan fingerprint density at radius 2 is 1.71 bits per heavy atom. The van der Waals surface area contributed by atoms with Crippen LogP contribution >= 0.6 is 0 Å². The summed E-state index contributed by atoms with van der Waals surface area (Å²) in [5, 5.41) is 12.0. The number of hydrogen-bond donors (Lipinski definition) is 0. The minimum Gasteiger partial charge on any atom is -0.613 e. The van der Waals surface area contributed by atoms with Crippen LogP contribution in [0.3, 0.4) is 0 Å². The number of carbonyl (C=O) groups excluding carboxylic acids is 1. The van der Waals surface area contributed by atoms with Gasteiger partial charge in [0.05, 0.1) is 18.1 Å². The minimum absolute atomic E-state index is 0. The van der Waals surface area contributed by atoms with Gasteiger partial charge in [-0.25, -0.2) is 4.79 Å². The number of carbonyl (C=O) groups is 1. The predicted molar refractivity (Wildman–Crippen MR) is 95.6 cm³/mol. The molecular weight excluding hydrogens is 315 g/mol. The number of hydrogen-bond acceptors (Lipinski definition) is 4. The van der Waals surface area contributed by atoms with Crippen LogP contribution in [-0.2, 0) is 14.3 Å². The Kier molecular flexibility index (Phi) is 13.5. The summed E-state index contributed by atoms with van der Waals surface area (Å²) in [4.78, 5) is 12.0. The van der Waals surface area contributed by atoms with E-state index in [1.54, 1.807) is 13.8 Å². The van der Waals surface area contributed by atoms with Gasteiger partial charge in [-0.1, -0.05) is 45.1 Å². The van der Waals surface area contributed by atoms with Gasteiger partial charge in [-0.2, -0.15) is 0 Å². The maximum absolute atomic E-state index is 12.0. The fraction of sp³-hybridized carbons (Fsp3) is 0.722. The fourth-order valence-electron chi connectivity index (χ4n) is 2.54. The second-order valence-corrected chi connectivity index (χ2v) is 12.6. The number of allylic oxidation sites excluding steroid dienone is 2. The average Bonchev–Trinajstić information content (AvgIpc) is 2.37. The van der Waals surface area contributed by atoms with Crippen molar-refractivity contribution >= 4 is 14.0 Å². The first-order valence-electron chi connectivity index (χ1n) is 8.49. The van der Waals surface area contributed by atoms with Crippen molar-refractivity contribution in [1.82, 2.24) is 0 Å². The Morgan fingerprint density at radius 3 is 2.17 bits per heavy atom. The summed E-state index contributed by atoms with van der Waals surface area (Å²) in [5.41, 5.74) is 1.52. The first kappa shape index (κ1) is 25.6. The Labute approximate surface area is 160 Å². The van der Waals surface area contributed by atoms with Gasteiger partial charge in [-0.05, 0) is 45.3 Å². The molecule has 0 saturated carbocycles. The summed E-state index contributed by atoms with van der Waals surface area (Å²) in [5.74, 6) is -1.29. The first-order chi connectivity index (χ1) is 10.6. The first-order valence-corrected chi connectivity index (χ1v) is 12.2. The molecule has 0 rings (SSSR count). The van der Waals surface area contributed by atoms with E-state index in [0.717, 1.165) is 12.8 Å². The maximum atomic E-state index is 12.0. The zero-order valence-electron chi connectivity index (χ0n) is 16.8. The van der Waals surface area contributed by atoms with Crippen LogP contribution in [0.2, 0.25) is 25.7 Å². The van der Waals surface area contributed by atoms with Crippen LogP contribution in [0.5, 0.6) is 0 Å². The summed E-state index contributed by atoms with van der Waals surface area (Å²) < 4.78 is 10.00. The van der Waals surface area contributed by atoms with Gasteiger partial charge in [0.1, 0.15) is 0 Å². The SMILES string of the molecule is CCOC(=O)/C(=C(\[O-])OCC)C(C)CC/C=C(\C)C[Si](C)(C)C.[Li+]. The van der Waals surface area contributed by atoms with Gasteiger partial charge in [0.25, 0.3) is 0 Å². The van der Waals surface area contributed by atoms with Gasteiger partial charge in [0.15, 0.2) is 0 Å². The molecule has 4 nitrogen and oxygen atoms in total. The van der Waals surface area contributed by atoms with E-state index in [1.165, 1.54) is 11.6 Å². The summed E-state index contributed by atoms with van der Waals surface area (Å²) in [6, 6.07) is 1.17. The van der Waals surface area contributed by atoms with E-state index in [9.17, 15) is 9.90 Å². The van der Waals surface area contributed by atoms with Crippen molar-refractivity contribution in [3.8, 4) is 0 Å². The third-order valence-corrected chi connectivity index (χ3v) is 5.00. The van der Waals surface area contributed by atoms with E-state index in [2.05, 4.69) is 32.6 Å². The molecule has 134 valence electrons. The quantitative estimate of drug-likeness (QED) is 0.193. The van der Waals surface area contributed by atoms with Crippen LogP contribution in [0.4, 0.5) is 0 Å². The molecule has 6 heteroatoms. The molecule has 0 N–H and O–H groups in total. The minimum atomic E-state index is -1.10. The van der Waals surface area contributed by atoms with Crippen molar-refractivity contribution in [2.24, 2.45) is 5.92 Å². The molecule has 0 spiro atoms. The summed E-state index contributed by atoms with van der Waals surface area (Å²) in [6.07, 6.45) is 3.80. The molecule has 0 aromatic carbocycles. The molecule has 0 aliphatic carbocycles. The molecule has 0 bridgehead atoms. The van der Waals surface area contributed by atoms with Crippen LogP contribution in [0.15, 0.2) is 23.2 Å². The number of esters is 1. The van der Waals surface area contributed by atoms with Crippen molar-refractivity contribution in [2.45, 2.75) is 66.2 Å². The van der Waals surface area contributed by atoms with E-state index in [1.807, 2.05) is 6.92 Å². The third-order valence-electron chi connectivity index (χ3n) is 3.39. The van der Waals surface area contributed by atoms with Crippen LogP contribution in [0.25, 0.3) is 0 Å². The van der Waals surface area contributed by atoms with E-state index in [4.69, 9.17) is 9.47 Å². The van der Waals surface area contributed by atoms with Crippen LogP contribution in [0.1, 0.15) is 40.5 Å². The van der Waals surface area contributed by atoms with Crippen LogP contribution in [0, 0.1) is 5.92 Å². The van der Waals surface area contributed by atoms with Crippen molar-refractivity contribution in [3.05, 3.63) is 23.2 Å². The molecule has 0 radical (unpaired) electrons. The molecule has 0 amide bonds. The Balaban J connectivity index is 0. The smallest absolute Gasteiger partial charge is 0.613 e. The molecule has 0 aromatic heterocycles. The Bertz CT molecular complexity index is 439. The van der Waals surface area contributed by atoms with Crippen molar-refractivity contribution in [1.29, 1.82) is 0 Å². The summed E-state index contributed by atoms with van der Waals surface area (Å²) >= 11 is 0. The molecule has 0 aromatic rings. The molecule has 24 heavy (non-hydrogen) atoms. The predicted octanol–water partition coefficient (Wildman–Crippen LogP) is 0.863. The second-order valence-electron chi connectivity index (χ2n) is 7.12. The molecule has 1 unspecified atom stereocenters. The molecule has 0 saturated heterocycles. The van der Waals surface area contributed by atoms with Gasteiger partial charge < -0.3 is 14.6 Å². The van der Waals surface area contributed by atoms with Crippen molar-refractivity contribution in [3.63, 3.8) is 0 Å². The average molecular weight is 348 g/mol. The van der Waals surface area contributed by atoms with Crippen LogP contribution < -0.4 is 24.0 Å². The van der Waals surface area contributed by atoms with E-state index >= 15 is 0 Å². The van der Waals surface area contributed by atoms with Gasteiger partial charge in [0.2, 0.25) is 0 Å². The second kappa shape index (κ2) is 12.7. The molecule has 0 fully saturated rings. The van der Waals surface area contributed by atoms with E-state index in [0.29, 0.717) is 0 Å². The molecular formula is C18H33LiO4Si. The molecule has 0 heterocycles. The van der Waals surface area contributed by atoms with Gasteiger partial charge in [0, 0.05) is 8.07 Å². The summed E-state index contributed by atoms with van der Waals surface area (Å²) in [6.45, 7) is 15.0. The van der Waals surface area contributed by atoms with E-state index in [-0.39, 0.29) is 43.6 Å². The number of rotatable bonds is 10. The summed E-state index contributed by atoms with van der Waals surface area (Å²) in [7, 11) is -1.10. The van der Waals surface area contributed by atoms with Crippen molar-refractivity contribution in [2.75, 3.05) is 13.2 Å². The standard InChI is InChI=1S/C18H34O4Si.Li/c1-8-21-17(19)16(18(20)22-9-2)15(4)12-10-11-14(3)13-23(5,6)7;/h11,15,19H,8-10,12-13H2,1-7H3;/q;+1/p-1/b14-11+,17-16+;. The van der Waals surface area contributed by atoms with E-state index < -0.39 is 20.0 Å². The zero-order valence-corrected chi connectivity index (χ0v) is 17.8. The Hall–Kier alpha value is -0.636. The zero-order chi connectivity index (χ0) is 18.0. The van der Waals surface area contributed by atoms with Gasteiger partial charge in [-0.3, -0.25) is 0 Å². The fourth-order valence-corrected chi connectivity index (χ4v) is 4.35.